The van der Waals surface area contributed by atoms with Crippen LogP contribution in [0.15, 0.2) is 9.72 Å². The smallest absolute Gasteiger partial charge is 0.319 e. The van der Waals surface area contributed by atoms with Crippen LogP contribution in [0.5, 0.6) is 0 Å². The van der Waals surface area contributed by atoms with Crippen LogP contribution >= 0.6 is 23.1 Å². The van der Waals surface area contributed by atoms with Gasteiger partial charge < -0.3 is 15.1 Å². The van der Waals surface area contributed by atoms with E-state index in [4.69, 9.17) is 0 Å². The van der Waals surface area contributed by atoms with Gasteiger partial charge in [0.05, 0.1) is 0 Å². The summed E-state index contributed by atoms with van der Waals surface area (Å²) < 4.78 is 1.17. The quantitative estimate of drug-likeness (QED) is 0.827. The summed E-state index contributed by atoms with van der Waals surface area (Å²) in [5.41, 5.74) is 1.10. The number of thioether (sulfide) groups is 1. The number of nitrogens with one attached hydrogen (secondary N) is 1. The van der Waals surface area contributed by atoms with E-state index in [0.717, 1.165) is 44.2 Å². The van der Waals surface area contributed by atoms with Gasteiger partial charge >= 0.3 is 6.03 Å². The van der Waals surface area contributed by atoms with Crippen molar-refractivity contribution in [1.29, 1.82) is 0 Å². The largest absolute Gasteiger partial charge is 0.353 e. The maximum absolute atomic E-state index is 12.6. The Kier molecular flexibility index (Phi) is 7.03. The van der Waals surface area contributed by atoms with Crippen LogP contribution in [0, 0.1) is 12.8 Å². The third-order valence-electron chi connectivity index (χ3n) is 5.40. The zero-order chi connectivity index (χ0) is 19.4. The molecule has 1 N–H and O–H groups in total. The van der Waals surface area contributed by atoms with E-state index in [2.05, 4.69) is 15.7 Å². The van der Waals surface area contributed by atoms with E-state index in [1.54, 1.807) is 30.3 Å². The summed E-state index contributed by atoms with van der Waals surface area (Å²) in [7, 11) is 3.54. The SMILES string of the molecule is Cc1csc(SC2CCC(NC(=O)C3CCN(C(=O)N(C)C)CC3)CC2)n1. The summed E-state index contributed by atoms with van der Waals surface area (Å²) in [6.07, 6.45) is 5.88. The number of carbonyl (C=O) groups is 2. The van der Waals surface area contributed by atoms with Gasteiger partial charge in [-0.3, -0.25) is 4.79 Å². The Morgan fingerprint density at radius 1 is 1.19 bits per heavy atom. The number of hydrogen-bond donors (Lipinski definition) is 1. The van der Waals surface area contributed by atoms with Crippen LogP contribution < -0.4 is 5.32 Å². The first kappa shape index (κ1) is 20.5. The van der Waals surface area contributed by atoms with E-state index < -0.39 is 0 Å². The van der Waals surface area contributed by atoms with Gasteiger partial charge in [-0.15, -0.1) is 11.3 Å². The molecule has 3 rings (SSSR count). The fourth-order valence-corrected chi connectivity index (χ4v) is 6.07. The number of carbonyl (C=O) groups excluding carboxylic acids is 2. The lowest BCUT2D eigenvalue weighted by Crippen LogP contribution is -2.48. The van der Waals surface area contributed by atoms with E-state index in [1.807, 2.05) is 23.6 Å². The molecule has 1 saturated carbocycles. The number of aryl methyl sites for hydroxylation is 1. The molecule has 150 valence electrons. The minimum absolute atomic E-state index is 0.0418. The molecule has 0 bridgehead atoms. The summed E-state index contributed by atoms with van der Waals surface area (Å²) in [6, 6.07) is 0.342. The Labute approximate surface area is 170 Å². The van der Waals surface area contributed by atoms with Gasteiger partial charge in [-0.25, -0.2) is 9.78 Å². The minimum atomic E-state index is 0.0418. The van der Waals surface area contributed by atoms with Crippen LogP contribution in [0.4, 0.5) is 4.79 Å². The first-order valence-electron chi connectivity index (χ1n) is 9.77. The summed E-state index contributed by atoms with van der Waals surface area (Å²) in [5.74, 6) is 0.222. The monoisotopic (exact) mass is 410 g/mol. The summed E-state index contributed by atoms with van der Waals surface area (Å²) in [6.45, 7) is 3.38. The Morgan fingerprint density at radius 3 is 2.41 bits per heavy atom. The number of urea groups is 1. The summed E-state index contributed by atoms with van der Waals surface area (Å²) >= 11 is 3.62. The zero-order valence-corrected chi connectivity index (χ0v) is 18.1. The van der Waals surface area contributed by atoms with E-state index >= 15 is 0 Å². The highest BCUT2D eigenvalue weighted by molar-refractivity contribution is 8.01. The number of likely N-dealkylation sites (tertiary alicyclic amines) is 1. The molecule has 2 aliphatic rings. The second kappa shape index (κ2) is 9.28. The van der Waals surface area contributed by atoms with E-state index in [0.29, 0.717) is 24.4 Å². The van der Waals surface area contributed by atoms with Gasteiger partial charge in [-0.2, -0.15) is 0 Å². The maximum Gasteiger partial charge on any atom is 0.319 e. The molecule has 2 fully saturated rings. The van der Waals surface area contributed by atoms with Crippen molar-refractivity contribution < 1.29 is 9.59 Å². The van der Waals surface area contributed by atoms with Gasteiger partial charge in [0, 0.05) is 55.5 Å². The van der Waals surface area contributed by atoms with Crippen molar-refractivity contribution in [2.45, 2.75) is 61.1 Å². The van der Waals surface area contributed by atoms with Crippen molar-refractivity contribution in [1.82, 2.24) is 20.1 Å². The predicted octanol–water partition coefficient (Wildman–Crippen LogP) is 3.36. The second-order valence-electron chi connectivity index (χ2n) is 7.79. The molecule has 0 aromatic carbocycles. The lowest BCUT2D eigenvalue weighted by molar-refractivity contribution is -0.127. The fourth-order valence-electron chi connectivity index (χ4n) is 3.79. The first-order chi connectivity index (χ1) is 12.9. The van der Waals surface area contributed by atoms with E-state index in [1.165, 1.54) is 4.34 Å². The molecular weight excluding hydrogens is 380 g/mol. The van der Waals surface area contributed by atoms with Crippen LogP contribution in [-0.4, -0.2) is 65.2 Å². The van der Waals surface area contributed by atoms with Crippen molar-refractivity contribution in [2.24, 2.45) is 5.92 Å². The number of thiazole rings is 1. The molecule has 1 aromatic heterocycles. The molecule has 8 heteroatoms. The molecule has 1 aromatic rings. The normalized spacial score (nSPS) is 23.9. The van der Waals surface area contributed by atoms with Crippen LogP contribution in [0.25, 0.3) is 0 Å². The second-order valence-corrected chi connectivity index (χ2v) is 10.2. The highest BCUT2D eigenvalue weighted by Gasteiger charge is 2.30. The maximum atomic E-state index is 12.6. The van der Waals surface area contributed by atoms with Crippen molar-refractivity contribution in [3.63, 3.8) is 0 Å². The van der Waals surface area contributed by atoms with Crippen molar-refractivity contribution in [3.05, 3.63) is 11.1 Å². The molecule has 1 aliphatic carbocycles. The standard InChI is InChI=1S/C19H30N4O2S2/c1-13-12-26-18(20-13)27-16-6-4-15(5-7-16)21-17(24)14-8-10-23(11-9-14)19(25)22(2)3/h12,14-16H,4-11H2,1-3H3,(H,21,24). The van der Waals surface area contributed by atoms with Crippen LogP contribution in [0.2, 0.25) is 0 Å². The van der Waals surface area contributed by atoms with Crippen LogP contribution in [0.3, 0.4) is 0 Å². The van der Waals surface area contributed by atoms with E-state index in [-0.39, 0.29) is 17.9 Å². The highest BCUT2D eigenvalue weighted by atomic mass is 32.2. The predicted molar refractivity (Wildman–Crippen MR) is 110 cm³/mol. The van der Waals surface area contributed by atoms with Crippen LogP contribution in [0.1, 0.15) is 44.2 Å². The van der Waals surface area contributed by atoms with Gasteiger partial charge in [0.1, 0.15) is 4.34 Å². The molecule has 0 spiro atoms. The third kappa shape index (κ3) is 5.60. The molecule has 1 aliphatic heterocycles. The number of amides is 3. The molecule has 0 unspecified atom stereocenters. The Bertz CT molecular complexity index is 648. The average Bonchev–Trinajstić information content (AvgIpc) is 3.07. The molecule has 3 amide bonds. The topological polar surface area (TPSA) is 65.5 Å². The number of piperidine rings is 1. The Balaban J connectivity index is 1.38. The zero-order valence-electron chi connectivity index (χ0n) is 16.4. The first-order valence-corrected chi connectivity index (χ1v) is 11.5. The third-order valence-corrected chi connectivity index (χ3v) is 7.83. The van der Waals surface area contributed by atoms with Crippen molar-refractivity contribution in [2.75, 3.05) is 27.2 Å². The van der Waals surface area contributed by atoms with E-state index in [9.17, 15) is 9.59 Å². The minimum Gasteiger partial charge on any atom is -0.353 e. The van der Waals surface area contributed by atoms with Gasteiger partial charge in [0.15, 0.2) is 0 Å². The molecule has 0 atom stereocenters. The number of nitrogens with zero attached hydrogens (tertiary/aromatic N) is 3. The Hall–Kier alpha value is -1.28. The Morgan fingerprint density at radius 2 is 1.85 bits per heavy atom. The molecular formula is C19H30N4O2S2. The lowest BCUT2D eigenvalue weighted by atomic mass is 9.92. The van der Waals surface area contributed by atoms with Crippen molar-refractivity contribution >= 4 is 35.0 Å². The average molecular weight is 411 g/mol. The molecule has 0 radical (unpaired) electrons. The molecule has 27 heavy (non-hydrogen) atoms. The number of hydrogen-bond acceptors (Lipinski definition) is 5. The van der Waals surface area contributed by atoms with Gasteiger partial charge in [-0.05, 0) is 45.4 Å². The summed E-state index contributed by atoms with van der Waals surface area (Å²) in [4.78, 5) is 32.6. The highest BCUT2D eigenvalue weighted by Crippen LogP contribution is 2.35. The molecule has 2 heterocycles. The van der Waals surface area contributed by atoms with Gasteiger partial charge in [-0.1, -0.05) is 11.8 Å². The fraction of sp³-hybridized carbons (Fsp3) is 0.737. The number of aromatic nitrogens is 1. The molecule has 1 saturated heterocycles. The van der Waals surface area contributed by atoms with Crippen LogP contribution in [-0.2, 0) is 4.79 Å². The molecule has 6 nitrogen and oxygen atoms in total. The lowest BCUT2D eigenvalue weighted by Gasteiger charge is -2.34. The van der Waals surface area contributed by atoms with Gasteiger partial charge in [0.25, 0.3) is 0 Å². The van der Waals surface area contributed by atoms with Gasteiger partial charge in [0.2, 0.25) is 5.91 Å². The number of rotatable bonds is 4. The van der Waals surface area contributed by atoms with Crippen molar-refractivity contribution in [3.8, 4) is 0 Å². The summed E-state index contributed by atoms with van der Waals surface area (Å²) in [5, 5.41) is 5.99.